The van der Waals surface area contributed by atoms with Crippen LogP contribution in [-0.2, 0) is 11.3 Å². The van der Waals surface area contributed by atoms with Crippen molar-refractivity contribution >= 4 is 28.1 Å². The molecule has 3 aromatic rings. The van der Waals surface area contributed by atoms with Crippen LogP contribution in [0.1, 0.15) is 19.4 Å². The van der Waals surface area contributed by atoms with Crippen molar-refractivity contribution in [1.82, 2.24) is 0 Å². The van der Waals surface area contributed by atoms with Crippen LogP contribution in [-0.4, -0.2) is 16.9 Å². The van der Waals surface area contributed by atoms with E-state index in [0.29, 0.717) is 18.0 Å². The van der Waals surface area contributed by atoms with Crippen LogP contribution in [0.4, 0.5) is 11.4 Å². The van der Waals surface area contributed by atoms with Gasteiger partial charge in [0.2, 0.25) is 0 Å². The monoisotopic (exact) mass is 376 g/mol. The van der Waals surface area contributed by atoms with Crippen molar-refractivity contribution in [2.75, 3.05) is 4.90 Å². The summed E-state index contributed by atoms with van der Waals surface area (Å²) >= 11 is 0. The molecule has 1 amide bonds. The van der Waals surface area contributed by atoms with Gasteiger partial charge in [-0.1, -0.05) is 56.3 Å². The Labute approximate surface area is 162 Å². The number of rotatable bonds is 4. The van der Waals surface area contributed by atoms with Crippen LogP contribution in [0.25, 0.3) is 10.8 Å². The average molecular weight is 376 g/mol. The number of amides is 1. The first kappa shape index (κ1) is 18.0. The number of anilines is 1. The van der Waals surface area contributed by atoms with Crippen LogP contribution in [0, 0.1) is 16.0 Å². The molecule has 142 valence electrons. The minimum absolute atomic E-state index is 0.0224. The number of carbonyl (C=O) groups is 1. The number of nitro benzene ring substituents is 1. The lowest BCUT2D eigenvalue weighted by Crippen LogP contribution is -2.48. The second kappa shape index (κ2) is 6.96. The predicted octanol–water partition coefficient (Wildman–Crippen LogP) is 4.70. The van der Waals surface area contributed by atoms with E-state index in [1.54, 1.807) is 11.0 Å². The lowest BCUT2D eigenvalue weighted by Gasteiger charge is -2.36. The highest BCUT2D eigenvalue weighted by molar-refractivity contribution is 6.01. The SMILES string of the molecule is CC(C)C1Oc2ccc([N+](=O)[O-])cc2N(Cc2cccc3ccccc23)C1=O. The molecule has 0 saturated heterocycles. The normalized spacial score (nSPS) is 16.2. The molecule has 6 nitrogen and oxygen atoms in total. The molecule has 1 aliphatic heterocycles. The number of carbonyl (C=O) groups excluding carboxylic acids is 1. The van der Waals surface area contributed by atoms with Gasteiger partial charge in [-0.05, 0) is 28.3 Å². The van der Waals surface area contributed by atoms with Crippen LogP contribution < -0.4 is 9.64 Å². The Morgan fingerprint density at radius 2 is 1.86 bits per heavy atom. The summed E-state index contributed by atoms with van der Waals surface area (Å²) < 4.78 is 5.88. The third kappa shape index (κ3) is 3.07. The van der Waals surface area contributed by atoms with Gasteiger partial charge in [0, 0.05) is 12.1 Å². The molecule has 1 heterocycles. The molecule has 0 radical (unpaired) electrons. The maximum Gasteiger partial charge on any atom is 0.271 e. The van der Waals surface area contributed by atoms with Gasteiger partial charge in [-0.3, -0.25) is 14.9 Å². The summed E-state index contributed by atoms with van der Waals surface area (Å²) in [5, 5.41) is 13.4. The summed E-state index contributed by atoms with van der Waals surface area (Å²) in [7, 11) is 0. The Morgan fingerprint density at radius 3 is 2.61 bits per heavy atom. The molecule has 0 bridgehead atoms. The number of ether oxygens (including phenoxy) is 1. The van der Waals surface area contributed by atoms with Crippen molar-refractivity contribution < 1.29 is 14.5 Å². The fraction of sp³-hybridized carbons (Fsp3) is 0.227. The van der Waals surface area contributed by atoms with Gasteiger partial charge in [0.25, 0.3) is 11.6 Å². The summed E-state index contributed by atoms with van der Waals surface area (Å²) in [4.78, 5) is 25.6. The first-order valence-electron chi connectivity index (χ1n) is 9.19. The number of hydrogen-bond donors (Lipinski definition) is 0. The molecule has 0 spiro atoms. The molecular formula is C22H20N2O4. The molecule has 3 aromatic carbocycles. The van der Waals surface area contributed by atoms with E-state index < -0.39 is 11.0 Å². The quantitative estimate of drug-likeness (QED) is 0.489. The molecule has 0 aromatic heterocycles. The van der Waals surface area contributed by atoms with E-state index in [4.69, 9.17) is 4.74 Å². The van der Waals surface area contributed by atoms with Gasteiger partial charge in [-0.25, -0.2) is 0 Å². The zero-order valence-electron chi connectivity index (χ0n) is 15.7. The number of fused-ring (bicyclic) bond motifs is 2. The minimum Gasteiger partial charge on any atom is -0.478 e. The predicted molar refractivity (Wildman–Crippen MR) is 107 cm³/mol. The molecule has 1 atom stereocenters. The van der Waals surface area contributed by atoms with E-state index in [1.165, 1.54) is 12.1 Å². The first-order chi connectivity index (χ1) is 13.5. The lowest BCUT2D eigenvalue weighted by molar-refractivity contribution is -0.384. The van der Waals surface area contributed by atoms with Crippen molar-refractivity contribution in [3.8, 4) is 5.75 Å². The number of nitro groups is 1. The van der Waals surface area contributed by atoms with Crippen molar-refractivity contribution in [2.45, 2.75) is 26.5 Å². The molecule has 0 saturated carbocycles. The molecule has 4 rings (SSSR count). The molecule has 6 heteroatoms. The summed E-state index contributed by atoms with van der Waals surface area (Å²) in [6.45, 7) is 4.17. The van der Waals surface area contributed by atoms with Gasteiger partial charge in [0.1, 0.15) is 5.75 Å². The average Bonchev–Trinajstić information content (AvgIpc) is 2.69. The van der Waals surface area contributed by atoms with Crippen LogP contribution >= 0.6 is 0 Å². The molecular weight excluding hydrogens is 356 g/mol. The second-order valence-electron chi connectivity index (χ2n) is 7.25. The number of nitrogens with zero attached hydrogens (tertiary/aromatic N) is 2. The summed E-state index contributed by atoms with van der Waals surface area (Å²) in [6, 6.07) is 18.3. The first-order valence-corrected chi connectivity index (χ1v) is 9.19. The molecule has 1 aliphatic rings. The Bertz CT molecular complexity index is 1070. The van der Waals surface area contributed by atoms with Gasteiger partial charge in [0.05, 0.1) is 17.2 Å². The summed E-state index contributed by atoms with van der Waals surface area (Å²) in [5.74, 6) is 0.283. The molecule has 0 fully saturated rings. The van der Waals surface area contributed by atoms with Crippen molar-refractivity contribution in [3.05, 3.63) is 76.3 Å². The fourth-order valence-electron chi connectivity index (χ4n) is 3.57. The Balaban J connectivity index is 1.82. The third-order valence-electron chi connectivity index (χ3n) is 5.02. The lowest BCUT2D eigenvalue weighted by atomic mass is 10.0. The van der Waals surface area contributed by atoms with Crippen LogP contribution in [0.5, 0.6) is 5.75 Å². The van der Waals surface area contributed by atoms with Gasteiger partial charge in [0.15, 0.2) is 6.10 Å². The Hall–Kier alpha value is -3.41. The summed E-state index contributed by atoms with van der Waals surface area (Å²) in [5.41, 5.74) is 1.35. The van der Waals surface area contributed by atoms with Crippen LogP contribution in [0.15, 0.2) is 60.7 Å². The van der Waals surface area contributed by atoms with E-state index in [1.807, 2.05) is 56.3 Å². The maximum absolute atomic E-state index is 13.2. The summed E-state index contributed by atoms with van der Waals surface area (Å²) in [6.07, 6.45) is -0.621. The van der Waals surface area contributed by atoms with E-state index in [2.05, 4.69) is 0 Å². The zero-order chi connectivity index (χ0) is 19.8. The van der Waals surface area contributed by atoms with Crippen LogP contribution in [0.2, 0.25) is 0 Å². The van der Waals surface area contributed by atoms with Crippen molar-refractivity contribution in [2.24, 2.45) is 5.92 Å². The molecule has 1 unspecified atom stereocenters. The zero-order valence-corrected chi connectivity index (χ0v) is 15.7. The maximum atomic E-state index is 13.2. The number of hydrogen-bond acceptors (Lipinski definition) is 4. The fourth-order valence-corrected chi connectivity index (χ4v) is 3.57. The van der Waals surface area contributed by atoms with Crippen LogP contribution in [0.3, 0.4) is 0 Å². The highest BCUT2D eigenvalue weighted by Crippen LogP contribution is 2.39. The van der Waals surface area contributed by atoms with E-state index >= 15 is 0 Å². The Morgan fingerprint density at radius 1 is 1.11 bits per heavy atom. The highest BCUT2D eigenvalue weighted by Gasteiger charge is 2.37. The van der Waals surface area contributed by atoms with Gasteiger partial charge < -0.3 is 9.64 Å². The van der Waals surface area contributed by atoms with Crippen molar-refractivity contribution in [3.63, 3.8) is 0 Å². The minimum atomic E-state index is -0.621. The van der Waals surface area contributed by atoms with E-state index in [0.717, 1.165) is 16.3 Å². The van der Waals surface area contributed by atoms with Gasteiger partial charge >= 0.3 is 0 Å². The molecule has 0 N–H and O–H groups in total. The largest absolute Gasteiger partial charge is 0.478 e. The third-order valence-corrected chi connectivity index (χ3v) is 5.02. The van der Waals surface area contributed by atoms with Gasteiger partial charge in [-0.15, -0.1) is 0 Å². The number of benzene rings is 3. The van der Waals surface area contributed by atoms with Crippen molar-refractivity contribution in [1.29, 1.82) is 0 Å². The van der Waals surface area contributed by atoms with E-state index in [-0.39, 0.29) is 17.5 Å². The topological polar surface area (TPSA) is 72.7 Å². The molecule has 28 heavy (non-hydrogen) atoms. The van der Waals surface area contributed by atoms with Gasteiger partial charge in [-0.2, -0.15) is 0 Å². The molecule has 0 aliphatic carbocycles. The number of non-ortho nitro benzene ring substituents is 1. The smallest absolute Gasteiger partial charge is 0.271 e. The highest BCUT2D eigenvalue weighted by atomic mass is 16.6. The Kier molecular flexibility index (Phi) is 4.47. The standard InChI is InChI=1S/C22H20N2O4/c1-14(2)21-22(25)23(19-12-17(24(26)27)10-11-20(19)28-21)13-16-8-5-7-15-6-3-4-9-18(15)16/h3-12,14,21H,13H2,1-2H3. The van der Waals surface area contributed by atoms with E-state index in [9.17, 15) is 14.9 Å². The second-order valence-corrected chi connectivity index (χ2v) is 7.25.